The average Bonchev–Trinajstić information content (AvgIpc) is 3.26. The molecule has 0 saturated carbocycles. The van der Waals surface area contributed by atoms with Gasteiger partial charge in [-0.3, -0.25) is 15.1 Å². The zero-order valence-corrected chi connectivity index (χ0v) is 20.7. The van der Waals surface area contributed by atoms with Crippen molar-refractivity contribution in [3.63, 3.8) is 0 Å². The van der Waals surface area contributed by atoms with Crippen molar-refractivity contribution in [3.05, 3.63) is 52.0 Å². The third kappa shape index (κ3) is 7.02. The molecule has 36 heavy (non-hydrogen) atoms. The molecule has 0 spiro atoms. The number of aliphatic imine (C=N–C) groups is 1. The van der Waals surface area contributed by atoms with Gasteiger partial charge in [0.2, 0.25) is 5.91 Å². The molecule has 1 amide bonds. The lowest BCUT2D eigenvalue weighted by Crippen LogP contribution is -2.43. The van der Waals surface area contributed by atoms with Crippen LogP contribution in [0.25, 0.3) is 11.1 Å². The number of fused-ring (bicyclic) bond motifs is 1. The molecular weight excluding hydrogens is 509 g/mol. The predicted molar refractivity (Wildman–Crippen MR) is 137 cm³/mol. The molecule has 3 aromatic rings. The quantitative estimate of drug-likeness (QED) is 0.288. The van der Waals surface area contributed by atoms with Gasteiger partial charge in [-0.25, -0.2) is 4.79 Å². The summed E-state index contributed by atoms with van der Waals surface area (Å²) in [4.78, 5) is 32.2. The Morgan fingerprint density at radius 1 is 1.22 bits per heavy atom. The summed E-state index contributed by atoms with van der Waals surface area (Å²) in [7, 11) is 0. The zero-order chi connectivity index (χ0) is 25.5. The molecule has 0 saturated heterocycles. The maximum absolute atomic E-state index is 12.0. The van der Waals surface area contributed by atoms with Crippen molar-refractivity contribution >= 4 is 58.2 Å². The van der Waals surface area contributed by atoms with E-state index in [-0.39, 0.29) is 23.4 Å². The first-order valence-corrected chi connectivity index (χ1v) is 12.2. The highest BCUT2D eigenvalue weighted by molar-refractivity contribution is 6.38. The van der Waals surface area contributed by atoms with Gasteiger partial charge < -0.3 is 24.9 Å². The van der Waals surface area contributed by atoms with Crippen molar-refractivity contribution in [3.8, 4) is 5.75 Å². The zero-order valence-electron chi connectivity index (χ0n) is 19.2. The van der Waals surface area contributed by atoms with E-state index in [1.54, 1.807) is 30.3 Å². The van der Waals surface area contributed by atoms with E-state index >= 15 is 0 Å². The van der Waals surface area contributed by atoms with E-state index in [1.165, 1.54) is 6.07 Å². The number of nitrogens with zero attached hydrogens (tertiary/aromatic N) is 2. The lowest BCUT2D eigenvalue weighted by Gasteiger charge is -2.15. The summed E-state index contributed by atoms with van der Waals surface area (Å²) >= 11 is 12.1. The molecule has 1 aromatic heterocycles. The van der Waals surface area contributed by atoms with Crippen molar-refractivity contribution in [2.24, 2.45) is 4.99 Å². The highest BCUT2D eigenvalue weighted by Gasteiger charge is 2.21. The van der Waals surface area contributed by atoms with Crippen LogP contribution in [0, 0.1) is 0 Å². The maximum atomic E-state index is 12.0. The minimum Gasteiger partial charge on any atom is -0.494 e. The number of rotatable bonds is 10. The van der Waals surface area contributed by atoms with E-state index in [4.69, 9.17) is 32.4 Å². The van der Waals surface area contributed by atoms with Gasteiger partial charge in [0, 0.05) is 31.0 Å². The Morgan fingerprint density at radius 3 is 2.75 bits per heavy atom. The second-order valence-electron chi connectivity index (χ2n) is 8.15. The van der Waals surface area contributed by atoms with E-state index in [0.29, 0.717) is 53.8 Å². The Bertz CT molecular complexity index is 1260. The standard InChI is InChI=1S/C24H25Cl2N5O5/c25-15-12-17(26)21-18(13-15)29-24(36-21)30-19(22(33)34)11-14-4-6-16(7-5-14)35-10-1-3-20(32)31-23-27-8-2-9-28-23/h4-7,12-13,19H,1-3,8-11H2,(H,29,30)(H,33,34)(H2,27,28,31,32)/t19-/m0/s1. The molecule has 0 radical (unpaired) electrons. The fourth-order valence-corrected chi connectivity index (χ4v) is 4.08. The van der Waals surface area contributed by atoms with Gasteiger partial charge in [0.25, 0.3) is 6.01 Å². The third-order valence-corrected chi connectivity index (χ3v) is 5.84. The lowest BCUT2D eigenvalue weighted by molar-refractivity contribution is -0.138. The van der Waals surface area contributed by atoms with Crippen LogP contribution in [0.15, 0.2) is 45.8 Å². The van der Waals surface area contributed by atoms with Gasteiger partial charge in [0.1, 0.15) is 17.3 Å². The number of carboxylic acids is 1. The first-order valence-electron chi connectivity index (χ1n) is 11.4. The number of anilines is 1. The smallest absolute Gasteiger partial charge is 0.326 e. The number of carbonyl (C=O) groups excluding carboxylic acids is 1. The molecule has 0 aliphatic carbocycles. The topological polar surface area (TPSA) is 138 Å². The normalized spacial score (nSPS) is 14.0. The molecule has 2 heterocycles. The Labute approximate surface area is 217 Å². The molecule has 1 atom stereocenters. The number of hydrogen-bond acceptors (Lipinski definition) is 8. The summed E-state index contributed by atoms with van der Waals surface area (Å²) in [6.45, 7) is 1.89. The number of benzene rings is 2. The number of carbonyl (C=O) groups is 2. The Balaban J connectivity index is 1.26. The van der Waals surface area contributed by atoms with E-state index in [0.717, 1.165) is 18.5 Å². The van der Waals surface area contributed by atoms with Crippen molar-refractivity contribution in [1.29, 1.82) is 0 Å². The summed E-state index contributed by atoms with van der Waals surface area (Å²) < 4.78 is 11.3. The summed E-state index contributed by atoms with van der Waals surface area (Å²) in [6, 6.07) is 9.26. The highest BCUT2D eigenvalue weighted by Crippen LogP contribution is 2.30. The number of carboxylic acid groups (broad SMARTS) is 1. The largest absolute Gasteiger partial charge is 0.494 e. The maximum Gasteiger partial charge on any atom is 0.326 e. The average molecular weight is 534 g/mol. The monoisotopic (exact) mass is 533 g/mol. The molecule has 0 fully saturated rings. The predicted octanol–water partition coefficient (Wildman–Crippen LogP) is 3.87. The lowest BCUT2D eigenvalue weighted by atomic mass is 10.1. The fraction of sp³-hybridized carbons (Fsp3) is 0.333. The van der Waals surface area contributed by atoms with Crippen LogP contribution in [0.2, 0.25) is 10.0 Å². The second-order valence-corrected chi connectivity index (χ2v) is 8.99. The SMILES string of the molecule is O=C(CCCOc1ccc(C[C@H](Nc2nc3cc(Cl)cc(Cl)c3o2)C(=O)O)cc1)NC1=NCCCN1. The van der Waals surface area contributed by atoms with Gasteiger partial charge in [-0.15, -0.1) is 0 Å². The van der Waals surface area contributed by atoms with Crippen LogP contribution in [0.4, 0.5) is 6.01 Å². The first kappa shape index (κ1) is 25.6. The fourth-order valence-electron chi connectivity index (χ4n) is 3.56. The second kappa shape index (κ2) is 12.0. The van der Waals surface area contributed by atoms with Crippen LogP contribution in [0.1, 0.15) is 24.8 Å². The number of aliphatic carboxylic acids is 1. The van der Waals surface area contributed by atoms with Crippen molar-refractivity contribution in [1.82, 2.24) is 15.6 Å². The molecule has 12 heteroatoms. The number of halogens is 2. The molecule has 2 aromatic carbocycles. The Hall–Kier alpha value is -3.50. The van der Waals surface area contributed by atoms with Crippen LogP contribution in [0.5, 0.6) is 5.75 Å². The molecule has 4 N–H and O–H groups in total. The summed E-state index contributed by atoms with van der Waals surface area (Å²) in [5, 5.41) is 18.9. The van der Waals surface area contributed by atoms with Crippen LogP contribution in [-0.2, 0) is 16.0 Å². The van der Waals surface area contributed by atoms with Crippen LogP contribution in [-0.4, -0.2) is 53.7 Å². The molecule has 10 nitrogen and oxygen atoms in total. The minimum absolute atomic E-state index is 0.0388. The summed E-state index contributed by atoms with van der Waals surface area (Å²) in [5.41, 5.74) is 1.53. The molecular formula is C24H25Cl2N5O5. The Kier molecular flexibility index (Phi) is 8.50. The number of guanidine groups is 1. The number of nitrogens with one attached hydrogen (secondary N) is 3. The van der Waals surface area contributed by atoms with Crippen molar-refractivity contribution < 1.29 is 23.8 Å². The van der Waals surface area contributed by atoms with Gasteiger partial charge in [0.05, 0.1) is 11.6 Å². The van der Waals surface area contributed by atoms with Crippen LogP contribution < -0.4 is 20.7 Å². The minimum atomic E-state index is -1.06. The third-order valence-electron chi connectivity index (χ3n) is 5.34. The van der Waals surface area contributed by atoms with E-state index in [9.17, 15) is 14.7 Å². The molecule has 4 rings (SSSR count). The molecule has 1 aliphatic heterocycles. The molecule has 1 aliphatic rings. The summed E-state index contributed by atoms with van der Waals surface area (Å²) in [5.74, 6) is -0.0167. The summed E-state index contributed by atoms with van der Waals surface area (Å²) in [6.07, 6.45) is 2.01. The molecule has 0 unspecified atom stereocenters. The van der Waals surface area contributed by atoms with Crippen LogP contribution >= 0.6 is 23.2 Å². The van der Waals surface area contributed by atoms with Gasteiger partial charge in [-0.2, -0.15) is 4.98 Å². The van der Waals surface area contributed by atoms with E-state index in [1.807, 2.05) is 0 Å². The Morgan fingerprint density at radius 2 is 2.03 bits per heavy atom. The van der Waals surface area contributed by atoms with Gasteiger partial charge in [0.15, 0.2) is 11.5 Å². The van der Waals surface area contributed by atoms with Crippen molar-refractivity contribution in [2.75, 3.05) is 25.0 Å². The number of amides is 1. The highest BCUT2D eigenvalue weighted by atomic mass is 35.5. The van der Waals surface area contributed by atoms with Crippen molar-refractivity contribution in [2.45, 2.75) is 31.7 Å². The van der Waals surface area contributed by atoms with Crippen LogP contribution in [0.3, 0.4) is 0 Å². The molecule has 190 valence electrons. The number of aromatic nitrogens is 1. The molecule has 0 bridgehead atoms. The van der Waals surface area contributed by atoms with Gasteiger partial charge in [-0.05, 0) is 42.7 Å². The van der Waals surface area contributed by atoms with E-state index in [2.05, 4.69) is 25.9 Å². The van der Waals surface area contributed by atoms with Gasteiger partial charge in [-0.1, -0.05) is 35.3 Å². The van der Waals surface area contributed by atoms with Gasteiger partial charge >= 0.3 is 5.97 Å². The van der Waals surface area contributed by atoms with E-state index < -0.39 is 12.0 Å². The first-order chi connectivity index (χ1) is 17.4. The number of oxazole rings is 1. The number of hydrogen-bond donors (Lipinski definition) is 4. The number of ether oxygens (including phenoxy) is 1.